The Hall–Kier alpha value is -1.37. The van der Waals surface area contributed by atoms with Crippen molar-refractivity contribution in [3.8, 4) is 0 Å². The largest absolute Gasteiger partial charge is 0.481 e. The first-order valence-electron chi connectivity index (χ1n) is 7.44. The summed E-state index contributed by atoms with van der Waals surface area (Å²) in [6.45, 7) is 0.551. The van der Waals surface area contributed by atoms with Crippen molar-refractivity contribution >= 4 is 13.1 Å². The Labute approximate surface area is 124 Å². The smallest absolute Gasteiger partial charge is 0.451 e. The normalized spacial score (nSPS) is 20.3. The highest BCUT2D eigenvalue weighted by Crippen LogP contribution is 2.42. The number of fused-ring (bicyclic) bond motifs is 1. The molecule has 1 aliphatic rings. The predicted octanol–water partition coefficient (Wildman–Crippen LogP) is 0.781. The number of carboxylic acids is 1. The van der Waals surface area contributed by atoms with Crippen molar-refractivity contribution < 1.29 is 19.9 Å². The molecule has 0 fully saturated rings. The van der Waals surface area contributed by atoms with E-state index in [-0.39, 0.29) is 12.2 Å². The van der Waals surface area contributed by atoms with Gasteiger partial charge in [-0.15, -0.1) is 0 Å². The van der Waals surface area contributed by atoms with Crippen molar-refractivity contribution in [2.45, 2.75) is 37.9 Å². The third-order valence-corrected chi connectivity index (χ3v) is 4.30. The van der Waals surface area contributed by atoms with Crippen LogP contribution in [0.3, 0.4) is 0 Å². The monoisotopic (exact) mass is 291 g/mol. The Morgan fingerprint density at radius 1 is 1.38 bits per heavy atom. The van der Waals surface area contributed by atoms with Gasteiger partial charge in [0.05, 0.1) is 5.92 Å². The van der Waals surface area contributed by atoms with E-state index in [4.69, 9.17) is 15.8 Å². The molecule has 0 amide bonds. The van der Waals surface area contributed by atoms with Gasteiger partial charge >= 0.3 is 13.1 Å². The lowest BCUT2D eigenvalue weighted by molar-refractivity contribution is -0.139. The number of hydrogen-bond acceptors (Lipinski definition) is 4. The average molecular weight is 291 g/mol. The topological polar surface area (TPSA) is 104 Å². The van der Waals surface area contributed by atoms with Crippen LogP contribution in [0.25, 0.3) is 0 Å². The summed E-state index contributed by atoms with van der Waals surface area (Å²) in [6, 6.07) is 5.82. The molecular formula is C15H22BNO4. The zero-order valence-electron chi connectivity index (χ0n) is 12.0. The highest BCUT2D eigenvalue weighted by Gasteiger charge is 2.38. The minimum absolute atomic E-state index is 0.0233. The van der Waals surface area contributed by atoms with Gasteiger partial charge < -0.3 is 20.9 Å². The van der Waals surface area contributed by atoms with Crippen molar-refractivity contribution in [2.24, 2.45) is 11.7 Å². The molecule has 0 spiro atoms. The van der Waals surface area contributed by atoms with E-state index in [1.807, 2.05) is 18.2 Å². The third kappa shape index (κ3) is 3.64. The summed E-state index contributed by atoms with van der Waals surface area (Å²) in [7, 11) is -1.31. The number of benzene rings is 1. The summed E-state index contributed by atoms with van der Waals surface area (Å²) < 4.78 is 0. The Balaban J connectivity index is 2.18. The van der Waals surface area contributed by atoms with Crippen molar-refractivity contribution in [3.05, 3.63) is 34.9 Å². The zero-order valence-corrected chi connectivity index (χ0v) is 12.0. The molecule has 21 heavy (non-hydrogen) atoms. The minimum atomic E-state index is -1.31. The van der Waals surface area contributed by atoms with Gasteiger partial charge in [-0.3, -0.25) is 4.79 Å². The highest BCUT2D eigenvalue weighted by molar-refractivity contribution is 6.40. The SMILES string of the molecule is NCCc1cccc2c1CC(CCCB(O)O)C2C(=O)O. The average Bonchev–Trinajstić information content (AvgIpc) is 2.78. The van der Waals surface area contributed by atoms with E-state index in [0.717, 1.165) is 29.5 Å². The van der Waals surface area contributed by atoms with Gasteiger partial charge in [-0.05, 0) is 54.7 Å². The fourth-order valence-corrected chi connectivity index (χ4v) is 3.38. The van der Waals surface area contributed by atoms with E-state index < -0.39 is 19.0 Å². The molecule has 0 radical (unpaired) electrons. The van der Waals surface area contributed by atoms with Crippen LogP contribution in [-0.4, -0.2) is 34.8 Å². The van der Waals surface area contributed by atoms with Gasteiger partial charge in [0.15, 0.2) is 0 Å². The Bertz CT molecular complexity index is 506. The summed E-state index contributed by atoms with van der Waals surface area (Å²) in [5.41, 5.74) is 8.80. The maximum absolute atomic E-state index is 11.6. The standard InChI is InChI=1S/C15H22BNO4/c17-8-6-10-3-1-5-12-13(10)9-11(14(12)15(18)19)4-2-7-16(20)21/h1,3,5,11,14,20-21H,2,4,6-9,17H2,(H,18,19). The van der Waals surface area contributed by atoms with Gasteiger partial charge in [-0.25, -0.2) is 0 Å². The zero-order chi connectivity index (χ0) is 15.4. The molecule has 2 unspecified atom stereocenters. The fourth-order valence-electron chi connectivity index (χ4n) is 3.38. The lowest BCUT2D eigenvalue weighted by atomic mass is 9.80. The first-order chi connectivity index (χ1) is 10.0. The van der Waals surface area contributed by atoms with Gasteiger partial charge in [0.2, 0.25) is 0 Å². The van der Waals surface area contributed by atoms with Crippen LogP contribution >= 0.6 is 0 Å². The van der Waals surface area contributed by atoms with Crippen LogP contribution in [0.2, 0.25) is 6.32 Å². The summed E-state index contributed by atoms with van der Waals surface area (Å²) in [4.78, 5) is 11.6. The van der Waals surface area contributed by atoms with Crippen LogP contribution in [0.15, 0.2) is 18.2 Å². The second-order valence-corrected chi connectivity index (χ2v) is 5.72. The molecule has 6 heteroatoms. The van der Waals surface area contributed by atoms with E-state index in [2.05, 4.69) is 0 Å². The molecule has 0 bridgehead atoms. The lowest BCUT2D eigenvalue weighted by Gasteiger charge is -2.16. The second-order valence-electron chi connectivity index (χ2n) is 5.72. The van der Waals surface area contributed by atoms with Gasteiger partial charge in [0.25, 0.3) is 0 Å². The Morgan fingerprint density at radius 2 is 2.14 bits per heavy atom. The van der Waals surface area contributed by atoms with Crippen LogP contribution in [0.5, 0.6) is 0 Å². The van der Waals surface area contributed by atoms with Crippen LogP contribution in [0.1, 0.15) is 35.4 Å². The second kappa shape index (κ2) is 7.07. The molecule has 1 aliphatic carbocycles. The molecule has 0 saturated carbocycles. The maximum atomic E-state index is 11.6. The van der Waals surface area contributed by atoms with Crippen LogP contribution < -0.4 is 5.73 Å². The molecule has 1 aromatic rings. The van der Waals surface area contributed by atoms with E-state index in [0.29, 0.717) is 19.4 Å². The molecule has 5 N–H and O–H groups in total. The molecule has 114 valence electrons. The molecule has 0 aromatic heterocycles. The van der Waals surface area contributed by atoms with Gasteiger partial charge in [0.1, 0.15) is 0 Å². The summed E-state index contributed by atoms with van der Waals surface area (Å²) in [5, 5.41) is 27.4. The van der Waals surface area contributed by atoms with E-state index in [1.165, 1.54) is 0 Å². The van der Waals surface area contributed by atoms with Crippen LogP contribution in [0.4, 0.5) is 0 Å². The number of carbonyl (C=O) groups is 1. The van der Waals surface area contributed by atoms with E-state index >= 15 is 0 Å². The number of carboxylic acid groups (broad SMARTS) is 1. The molecule has 0 aliphatic heterocycles. The molecule has 0 saturated heterocycles. The van der Waals surface area contributed by atoms with E-state index in [9.17, 15) is 9.90 Å². The van der Waals surface area contributed by atoms with E-state index in [1.54, 1.807) is 0 Å². The lowest BCUT2D eigenvalue weighted by Crippen LogP contribution is -2.18. The van der Waals surface area contributed by atoms with Crippen molar-refractivity contribution in [1.82, 2.24) is 0 Å². The van der Waals surface area contributed by atoms with Gasteiger partial charge in [-0.2, -0.15) is 0 Å². The highest BCUT2D eigenvalue weighted by atomic mass is 16.4. The quantitative estimate of drug-likeness (QED) is 0.556. The first kappa shape index (κ1) is 16.0. The third-order valence-electron chi connectivity index (χ3n) is 4.30. The summed E-state index contributed by atoms with van der Waals surface area (Å²) in [5.74, 6) is -1.27. The van der Waals surface area contributed by atoms with Crippen LogP contribution in [-0.2, 0) is 17.6 Å². The summed E-state index contributed by atoms with van der Waals surface area (Å²) >= 11 is 0. The molecule has 2 rings (SSSR count). The van der Waals surface area contributed by atoms with Crippen molar-refractivity contribution in [3.63, 3.8) is 0 Å². The molecule has 2 atom stereocenters. The van der Waals surface area contributed by atoms with Crippen molar-refractivity contribution in [2.75, 3.05) is 6.54 Å². The number of nitrogens with two attached hydrogens (primary N) is 1. The van der Waals surface area contributed by atoms with Gasteiger partial charge in [-0.1, -0.05) is 24.6 Å². The predicted molar refractivity (Wildman–Crippen MR) is 81.0 cm³/mol. The van der Waals surface area contributed by atoms with Crippen LogP contribution in [0, 0.1) is 5.92 Å². The minimum Gasteiger partial charge on any atom is -0.481 e. The molecule has 0 heterocycles. The Kier molecular flexibility index (Phi) is 5.39. The van der Waals surface area contributed by atoms with Crippen molar-refractivity contribution in [1.29, 1.82) is 0 Å². The molecular weight excluding hydrogens is 269 g/mol. The number of aliphatic carboxylic acids is 1. The molecule has 5 nitrogen and oxygen atoms in total. The fraction of sp³-hybridized carbons (Fsp3) is 0.533. The maximum Gasteiger partial charge on any atom is 0.451 e. The Morgan fingerprint density at radius 3 is 2.76 bits per heavy atom. The summed E-state index contributed by atoms with van der Waals surface area (Å²) in [6.07, 6.45) is 3.09. The number of rotatable bonds is 7. The molecule has 1 aromatic carbocycles. The van der Waals surface area contributed by atoms with Gasteiger partial charge in [0, 0.05) is 0 Å². The number of hydrogen-bond donors (Lipinski definition) is 4. The first-order valence-corrected chi connectivity index (χ1v) is 7.44.